The molecule has 0 saturated heterocycles. The van der Waals surface area contributed by atoms with Crippen LogP contribution in [0.15, 0.2) is 18.5 Å². The van der Waals surface area contributed by atoms with E-state index in [1.54, 1.807) is 12.3 Å². The molecule has 0 spiro atoms. The molecule has 0 amide bonds. The standard InChI is InChI=1S/C11H17NO2/c1-11(2,3)7-10(13)14-9-5-6-12(4)8-9/h5-6,8H,7H2,1-4H3. The van der Waals surface area contributed by atoms with E-state index < -0.39 is 0 Å². The molecule has 0 unspecified atom stereocenters. The predicted octanol–water partition coefficient (Wildman–Crippen LogP) is 2.37. The van der Waals surface area contributed by atoms with Crippen LogP contribution >= 0.6 is 0 Å². The van der Waals surface area contributed by atoms with Crippen molar-refractivity contribution in [2.24, 2.45) is 12.5 Å². The Morgan fingerprint density at radius 2 is 2.14 bits per heavy atom. The number of aromatic nitrogens is 1. The van der Waals surface area contributed by atoms with E-state index in [2.05, 4.69) is 0 Å². The van der Waals surface area contributed by atoms with Gasteiger partial charge in [-0.25, -0.2) is 0 Å². The van der Waals surface area contributed by atoms with Crippen molar-refractivity contribution in [1.29, 1.82) is 0 Å². The summed E-state index contributed by atoms with van der Waals surface area (Å²) in [5.74, 6) is 0.436. The van der Waals surface area contributed by atoms with Crippen LogP contribution in [0.5, 0.6) is 5.75 Å². The molecule has 0 saturated carbocycles. The Morgan fingerprint density at radius 1 is 1.50 bits per heavy atom. The molecule has 1 rings (SSSR count). The summed E-state index contributed by atoms with van der Waals surface area (Å²) in [7, 11) is 1.89. The highest BCUT2D eigenvalue weighted by molar-refractivity contribution is 5.72. The number of ether oxygens (including phenoxy) is 1. The van der Waals surface area contributed by atoms with Gasteiger partial charge < -0.3 is 9.30 Å². The van der Waals surface area contributed by atoms with Crippen molar-refractivity contribution in [2.75, 3.05) is 0 Å². The van der Waals surface area contributed by atoms with E-state index in [0.29, 0.717) is 12.2 Å². The molecule has 3 heteroatoms. The van der Waals surface area contributed by atoms with E-state index in [-0.39, 0.29) is 11.4 Å². The lowest BCUT2D eigenvalue weighted by Gasteiger charge is -2.15. The summed E-state index contributed by atoms with van der Waals surface area (Å²) in [6, 6.07) is 1.78. The second-order valence-electron chi connectivity index (χ2n) is 4.72. The van der Waals surface area contributed by atoms with Gasteiger partial charge in [0.25, 0.3) is 0 Å². The maximum absolute atomic E-state index is 11.4. The number of hydrogen-bond acceptors (Lipinski definition) is 2. The minimum atomic E-state index is -0.177. The van der Waals surface area contributed by atoms with Gasteiger partial charge in [-0.15, -0.1) is 0 Å². The summed E-state index contributed by atoms with van der Waals surface area (Å²) < 4.78 is 7.00. The first-order valence-electron chi connectivity index (χ1n) is 4.69. The summed E-state index contributed by atoms with van der Waals surface area (Å²) in [6.07, 6.45) is 4.06. The lowest BCUT2D eigenvalue weighted by Crippen LogP contribution is -2.17. The first-order chi connectivity index (χ1) is 6.37. The van der Waals surface area contributed by atoms with Gasteiger partial charge in [-0.2, -0.15) is 0 Å². The van der Waals surface area contributed by atoms with Crippen LogP contribution in [-0.2, 0) is 11.8 Å². The molecule has 0 aliphatic rings. The Labute approximate surface area is 84.7 Å². The first-order valence-corrected chi connectivity index (χ1v) is 4.69. The summed E-state index contributed by atoms with van der Waals surface area (Å²) in [5, 5.41) is 0. The number of aryl methyl sites for hydroxylation is 1. The minimum Gasteiger partial charge on any atom is -0.425 e. The molecular formula is C11H17NO2. The summed E-state index contributed by atoms with van der Waals surface area (Å²) in [4.78, 5) is 11.4. The van der Waals surface area contributed by atoms with E-state index in [1.165, 1.54) is 0 Å². The third kappa shape index (κ3) is 3.64. The molecule has 0 bridgehead atoms. The van der Waals surface area contributed by atoms with Crippen LogP contribution < -0.4 is 4.74 Å². The van der Waals surface area contributed by atoms with Gasteiger partial charge in [-0.1, -0.05) is 20.8 Å². The fraction of sp³-hybridized carbons (Fsp3) is 0.545. The van der Waals surface area contributed by atoms with Crippen molar-refractivity contribution in [3.05, 3.63) is 18.5 Å². The van der Waals surface area contributed by atoms with Crippen molar-refractivity contribution in [1.82, 2.24) is 4.57 Å². The third-order valence-electron chi connectivity index (χ3n) is 1.71. The van der Waals surface area contributed by atoms with Crippen molar-refractivity contribution in [2.45, 2.75) is 27.2 Å². The van der Waals surface area contributed by atoms with Gasteiger partial charge in [0.2, 0.25) is 0 Å². The molecule has 1 aromatic heterocycles. The van der Waals surface area contributed by atoms with Crippen LogP contribution in [0.4, 0.5) is 0 Å². The molecule has 1 aromatic rings. The summed E-state index contributed by atoms with van der Waals surface area (Å²) >= 11 is 0. The molecule has 0 N–H and O–H groups in total. The largest absolute Gasteiger partial charge is 0.425 e. The molecule has 0 aromatic carbocycles. The highest BCUT2D eigenvalue weighted by atomic mass is 16.5. The number of carbonyl (C=O) groups excluding carboxylic acids is 1. The molecule has 3 nitrogen and oxygen atoms in total. The van der Waals surface area contributed by atoms with Crippen molar-refractivity contribution in [3.63, 3.8) is 0 Å². The van der Waals surface area contributed by atoms with Gasteiger partial charge in [-0.3, -0.25) is 4.79 Å². The lowest BCUT2D eigenvalue weighted by atomic mass is 9.92. The van der Waals surface area contributed by atoms with Crippen LogP contribution in [0.25, 0.3) is 0 Å². The lowest BCUT2D eigenvalue weighted by molar-refractivity contribution is -0.136. The molecule has 1 heterocycles. The molecule has 0 atom stereocenters. The molecule has 0 aliphatic heterocycles. The van der Waals surface area contributed by atoms with Crippen LogP contribution in [0.3, 0.4) is 0 Å². The number of esters is 1. The zero-order valence-electron chi connectivity index (χ0n) is 9.20. The fourth-order valence-corrected chi connectivity index (χ4v) is 1.14. The SMILES string of the molecule is Cn1ccc(OC(=O)CC(C)(C)C)c1. The average Bonchev–Trinajstić information content (AvgIpc) is 2.30. The molecule has 14 heavy (non-hydrogen) atoms. The van der Waals surface area contributed by atoms with Crippen LogP contribution in [0.1, 0.15) is 27.2 Å². The zero-order chi connectivity index (χ0) is 10.8. The average molecular weight is 195 g/mol. The summed E-state index contributed by atoms with van der Waals surface area (Å²) in [5.41, 5.74) is -0.0220. The van der Waals surface area contributed by atoms with E-state index in [4.69, 9.17) is 4.74 Å². The number of nitrogens with zero attached hydrogens (tertiary/aromatic N) is 1. The molecule has 0 aliphatic carbocycles. The second-order valence-corrected chi connectivity index (χ2v) is 4.72. The Kier molecular flexibility index (Phi) is 2.99. The van der Waals surface area contributed by atoms with Gasteiger partial charge in [0.1, 0.15) is 5.75 Å². The highest BCUT2D eigenvalue weighted by Gasteiger charge is 2.17. The zero-order valence-corrected chi connectivity index (χ0v) is 9.20. The maximum Gasteiger partial charge on any atom is 0.311 e. The van der Waals surface area contributed by atoms with Crippen molar-refractivity contribution >= 4 is 5.97 Å². The Hall–Kier alpha value is -1.25. The molecule has 78 valence electrons. The fourth-order valence-electron chi connectivity index (χ4n) is 1.14. The van der Waals surface area contributed by atoms with Crippen molar-refractivity contribution < 1.29 is 9.53 Å². The van der Waals surface area contributed by atoms with Gasteiger partial charge in [0.15, 0.2) is 0 Å². The highest BCUT2D eigenvalue weighted by Crippen LogP contribution is 2.20. The van der Waals surface area contributed by atoms with Crippen LogP contribution in [-0.4, -0.2) is 10.5 Å². The maximum atomic E-state index is 11.4. The smallest absolute Gasteiger partial charge is 0.311 e. The molecule has 0 radical (unpaired) electrons. The number of carbonyl (C=O) groups is 1. The quantitative estimate of drug-likeness (QED) is 0.678. The Balaban J connectivity index is 2.50. The van der Waals surface area contributed by atoms with Crippen LogP contribution in [0.2, 0.25) is 0 Å². The number of rotatable bonds is 2. The first kappa shape index (κ1) is 10.8. The van der Waals surface area contributed by atoms with Gasteiger partial charge >= 0.3 is 5.97 Å². The van der Waals surface area contributed by atoms with E-state index in [0.717, 1.165) is 0 Å². The normalized spacial score (nSPS) is 11.4. The summed E-state index contributed by atoms with van der Waals surface area (Å²) in [6.45, 7) is 6.04. The van der Waals surface area contributed by atoms with E-state index >= 15 is 0 Å². The van der Waals surface area contributed by atoms with Gasteiger partial charge in [-0.05, 0) is 11.5 Å². The monoisotopic (exact) mass is 195 g/mol. The Morgan fingerprint density at radius 3 is 2.57 bits per heavy atom. The topological polar surface area (TPSA) is 31.2 Å². The third-order valence-corrected chi connectivity index (χ3v) is 1.71. The molecule has 0 fully saturated rings. The molecular weight excluding hydrogens is 178 g/mol. The van der Waals surface area contributed by atoms with Gasteiger partial charge in [0, 0.05) is 19.4 Å². The van der Waals surface area contributed by atoms with Gasteiger partial charge in [0.05, 0.1) is 6.42 Å². The number of hydrogen-bond donors (Lipinski definition) is 0. The van der Waals surface area contributed by atoms with Crippen molar-refractivity contribution in [3.8, 4) is 5.75 Å². The predicted molar refractivity (Wildman–Crippen MR) is 55.1 cm³/mol. The van der Waals surface area contributed by atoms with Crippen LogP contribution in [0, 0.1) is 5.41 Å². The second kappa shape index (κ2) is 3.86. The van der Waals surface area contributed by atoms with E-state index in [1.807, 2.05) is 38.6 Å². The van der Waals surface area contributed by atoms with E-state index in [9.17, 15) is 4.79 Å². The Bertz CT molecular complexity index is 320. The minimum absolute atomic E-state index is 0.0220.